The Bertz CT molecular complexity index is 579. The molecule has 1 aromatic rings. The Morgan fingerprint density at radius 2 is 1.96 bits per heavy atom. The molecule has 1 aromatic carbocycles. The molecule has 1 amide bonds. The molecule has 1 heterocycles. The van der Waals surface area contributed by atoms with Gasteiger partial charge in [0, 0.05) is 25.2 Å². The maximum absolute atomic E-state index is 13.5. The van der Waals surface area contributed by atoms with Gasteiger partial charge in [0.2, 0.25) is 0 Å². The first-order chi connectivity index (χ1) is 11.2. The van der Waals surface area contributed by atoms with Crippen molar-refractivity contribution < 1.29 is 13.9 Å². The monoisotopic (exact) mass is 336 g/mol. The highest BCUT2D eigenvalue weighted by atomic mass is 19.1. The smallest absolute Gasteiger partial charge is 0.255 e. The lowest BCUT2D eigenvalue weighted by atomic mass is 9.88. The molecule has 1 saturated heterocycles. The van der Waals surface area contributed by atoms with Crippen molar-refractivity contribution in [3.8, 4) is 5.75 Å². The second kappa shape index (κ2) is 7.51. The van der Waals surface area contributed by atoms with E-state index in [9.17, 15) is 9.18 Å². The van der Waals surface area contributed by atoms with Gasteiger partial charge in [0.15, 0.2) is 0 Å². The van der Waals surface area contributed by atoms with Gasteiger partial charge in [0.25, 0.3) is 5.91 Å². The first kappa shape index (κ1) is 18.7. The van der Waals surface area contributed by atoms with Gasteiger partial charge < -0.3 is 10.1 Å². The van der Waals surface area contributed by atoms with Crippen molar-refractivity contribution in [2.24, 2.45) is 11.8 Å². The number of nitrogens with one attached hydrogen (secondary N) is 1. The first-order valence-corrected chi connectivity index (χ1v) is 8.59. The zero-order valence-electron chi connectivity index (χ0n) is 15.4. The van der Waals surface area contributed by atoms with E-state index >= 15 is 0 Å². The van der Waals surface area contributed by atoms with Crippen LogP contribution in [-0.4, -0.2) is 43.1 Å². The summed E-state index contributed by atoms with van der Waals surface area (Å²) in [6, 6.07) is 3.98. The largest absolute Gasteiger partial charge is 0.496 e. The minimum absolute atomic E-state index is 0.154. The van der Waals surface area contributed by atoms with Crippen LogP contribution in [0.5, 0.6) is 5.75 Å². The van der Waals surface area contributed by atoms with Gasteiger partial charge in [0.1, 0.15) is 11.6 Å². The molecule has 2 rings (SSSR count). The van der Waals surface area contributed by atoms with Crippen molar-refractivity contribution in [1.29, 1.82) is 0 Å². The van der Waals surface area contributed by atoms with Crippen molar-refractivity contribution in [3.63, 3.8) is 0 Å². The van der Waals surface area contributed by atoms with Gasteiger partial charge in [0.05, 0.1) is 12.7 Å². The van der Waals surface area contributed by atoms with E-state index in [0.29, 0.717) is 24.1 Å². The summed E-state index contributed by atoms with van der Waals surface area (Å²) in [6.07, 6.45) is 1.25. The second-order valence-electron chi connectivity index (χ2n) is 7.69. The Labute approximate surface area is 144 Å². The molecule has 24 heavy (non-hydrogen) atoms. The van der Waals surface area contributed by atoms with E-state index in [4.69, 9.17) is 4.74 Å². The fourth-order valence-corrected chi connectivity index (χ4v) is 3.52. The molecule has 1 fully saturated rings. The molecule has 134 valence electrons. The highest BCUT2D eigenvalue weighted by molar-refractivity contribution is 5.97. The number of amides is 1. The summed E-state index contributed by atoms with van der Waals surface area (Å²) < 4.78 is 18.6. The Balaban J connectivity index is 2.03. The fraction of sp³-hybridized carbons (Fsp3) is 0.632. The molecular formula is C19H29FN2O2. The number of carbonyl (C=O) groups excluding carboxylic acids is 1. The van der Waals surface area contributed by atoms with E-state index < -0.39 is 5.82 Å². The van der Waals surface area contributed by atoms with E-state index in [1.807, 2.05) is 0 Å². The van der Waals surface area contributed by atoms with E-state index in [-0.39, 0.29) is 17.0 Å². The number of rotatable bonds is 5. The normalized spacial score (nSPS) is 22.2. The summed E-state index contributed by atoms with van der Waals surface area (Å²) in [5, 5.41) is 2.94. The standard InChI is InChI=1S/C19H29FN2O2/c1-13-8-14(2)11-22(10-13)19(3,4)12-21-18(23)16-9-15(20)6-7-17(16)24-5/h6-7,9,13-14H,8,10-12H2,1-5H3,(H,21,23). The minimum atomic E-state index is -0.445. The van der Waals surface area contributed by atoms with Crippen molar-refractivity contribution >= 4 is 5.91 Å². The van der Waals surface area contributed by atoms with Crippen LogP contribution in [0.25, 0.3) is 0 Å². The molecule has 0 radical (unpaired) electrons. The highest BCUT2D eigenvalue weighted by Gasteiger charge is 2.33. The van der Waals surface area contributed by atoms with Crippen LogP contribution in [0.3, 0.4) is 0 Å². The predicted molar refractivity (Wildman–Crippen MR) is 93.9 cm³/mol. The van der Waals surface area contributed by atoms with E-state index in [1.54, 1.807) is 0 Å². The number of benzene rings is 1. The molecule has 0 saturated carbocycles. The number of ether oxygens (including phenoxy) is 1. The number of piperidine rings is 1. The Kier molecular flexibility index (Phi) is 5.86. The average molecular weight is 336 g/mol. The number of hydrogen-bond acceptors (Lipinski definition) is 3. The maximum atomic E-state index is 13.5. The van der Waals surface area contributed by atoms with Gasteiger partial charge in [-0.15, -0.1) is 0 Å². The Morgan fingerprint density at radius 1 is 1.33 bits per heavy atom. The van der Waals surface area contributed by atoms with Crippen LogP contribution >= 0.6 is 0 Å². The van der Waals surface area contributed by atoms with Gasteiger partial charge >= 0.3 is 0 Å². The Hall–Kier alpha value is -1.62. The fourth-order valence-electron chi connectivity index (χ4n) is 3.52. The molecule has 5 heteroatoms. The van der Waals surface area contributed by atoms with Crippen molar-refractivity contribution in [3.05, 3.63) is 29.6 Å². The number of likely N-dealkylation sites (tertiary alicyclic amines) is 1. The molecule has 0 spiro atoms. The molecule has 0 aliphatic carbocycles. The van der Waals surface area contributed by atoms with Crippen LogP contribution in [-0.2, 0) is 0 Å². The average Bonchev–Trinajstić information content (AvgIpc) is 2.51. The zero-order valence-corrected chi connectivity index (χ0v) is 15.4. The number of hydrogen-bond donors (Lipinski definition) is 1. The molecule has 2 unspecified atom stereocenters. The summed E-state index contributed by atoms with van der Waals surface area (Å²) in [6.45, 7) is 11.4. The molecule has 0 bridgehead atoms. The van der Waals surface area contributed by atoms with Crippen LogP contribution < -0.4 is 10.1 Å². The van der Waals surface area contributed by atoms with E-state index in [2.05, 4.69) is 37.9 Å². The maximum Gasteiger partial charge on any atom is 0.255 e. The SMILES string of the molecule is COc1ccc(F)cc1C(=O)NCC(C)(C)N1CC(C)CC(C)C1. The Morgan fingerprint density at radius 3 is 2.54 bits per heavy atom. The van der Waals surface area contributed by atoms with Crippen molar-refractivity contribution in [2.75, 3.05) is 26.7 Å². The lowest BCUT2D eigenvalue weighted by Crippen LogP contribution is -2.56. The minimum Gasteiger partial charge on any atom is -0.496 e. The van der Waals surface area contributed by atoms with Crippen LogP contribution in [0.15, 0.2) is 18.2 Å². The third kappa shape index (κ3) is 4.47. The van der Waals surface area contributed by atoms with Gasteiger partial charge in [-0.1, -0.05) is 13.8 Å². The third-order valence-corrected chi connectivity index (χ3v) is 4.81. The molecular weight excluding hydrogens is 307 g/mol. The van der Waals surface area contributed by atoms with Crippen LogP contribution in [0.2, 0.25) is 0 Å². The quantitative estimate of drug-likeness (QED) is 0.897. The highest BCUT2D eigenvalue weighted by Crippen LogP contribution is 2.27. The van der Waals surface area contributed by atoms with Gasteiger partial charge in [-0.05, 0) is 50.3 Å². The first-order valence-electron chi connectivity index (χ1n) is 8.59. The number of carbonyl (C=O) groups is 1. The van der Waals surface area contributed by atoms with Crippen LogP contribution in [0.1, 0.15) is 44.5 Å². The van der Waals surface area contributed by atoms with E-state index in [1.165, 1.54) is 31.7 Å². The molecule has 0 aromatic heterocycles. The van der Waals surface area contributed by atoms with Crippen molar-refractivity contribution in [1.82, 2.24) is 10.2 Å². The summed E-state index contributed by atoms with van der Waals surface area (Å²) in [5.74, 6) is 0.947. The summed E-state index contributed by atoms with van der Waals surface area (Å²) >= 11 is 0. The van der Waals surface area contributed by atoms with Gasteiger partial charge in [-0.2, -0.15) is 0 Å². The van der Waals surface area contributed by atoms with E-state index in [0.717, 1.165) is 13.1 Å². The van der Waals surface area contributed by atoms with Crippen molar-refractivity contribution in [2.45, 2.75) is 39.7 Å². The van der Waals surface area contributed by atoms with Crippen LogP contribution in [0.4, 0.5) is 4.39 Å². The number of nitrogens with zero attached hydrogens (tertiary/aromatic N) is 1. The summed E-state index contributed by atoms with van der Waals surface area (Å²) in [4.78, 5) is 14.9. The van der Waals surface area contributed by atoms with Gasteiger partial charge in [-0.3, -0.25) is 9.69 Å². The molecule has 1 N–H and O–H groups in total. The third-order valence-electron chi connectivity index (χ3n) is 4.81. The summed E-state index contributed by atoms with van der Waals surface area (Å²) in [7, 11) is 1.48. The summed E-state index contributed by atoms with van der Waals surface area (Å²) in [5.41, 5.74) is 0.0766. The number of methoxy groups -OCH3 is 1. The lowest BCUT2D eigenvalue weighted by Gasteiger charge is -2.45. The molecule has 1 aliphatic rings. The van der Waals surface area contributed by atoms with Crippen LogP contribution in [0, 0.1) is 17.7 Å². The molecule has 2 atom stereocenters. The van der Waals surface area contributed by atoms with Gasteiger partial charge in [-0.25, -0.2) is 4.39 Å². The predicted octanol–water partition coefficient (Wildman–Crippen LogP) is 3.32. The number of halogens is 1. The second-order valence-corrected chi connectivity index (χ2v) is 7.69. The molecule has 4 nitrogen and oxygen atoms in total. The topological polar surface area (TPSA) is 41.6 Å². The lowest BCUT2D eigenvalue weighted by molar-refractivity contribution is 0.0444. The molecule has 1 aliphatic heterocycles. The zero-order chi connectivity index (χ0) is 17.9.